The van der Waals surface area contributed by atoms with Crippen LogP contribution in [0.15, 0.2) is 33.6 Å². The Labute approximate surface area is 117 Å². The lowest BCUT2D eigenvalue weighted by atomic mass is 10.3. The van der Waals surface area contributed by atoms with Crippen LogP contribution in [0.4, 0.5) is 0 Å². The maximum atomic E-state index is 12.4. The van der Waals surface area contributed by atoms with E-state index in [4.69, 9.17) is 0 Å². The molecule has 0 atom stereocenters. The first kappa shape index (κ1) is 14.0. The van der Waals surface area contributed by atoms with Gasteiger partial charge in [-0.1, -0.05) is 15.9 Å². The average molecular weight is 333 g/mol. The van der Waals surface area contributed by atoms with E-state index in [-0.39, 0.29) is 0 Å². The molecule has 0 spiro atoms. The summed E-state index contributed by atoms with van der Waals surface area (Å²) in [5.41, 5.74) is 0. The van der Waals surface area contributed by atoms with Crippen molar-refractivity contribution in [2.24, 2.45) is 0 Å². The van der Waals surface area contributed by atoms with Crippen LogP contribution in [0, 0.1) is 0 Å². The van der Waals surface area contributed by atoms with Crippen molar-refractivity contribution in [3.05, 3.63) is 28.7 Å². The van der Waals surface area contributed by atoms with Crippen molar-refractivity contribution in [2.75, 3.05) is 26.2 Å². The number of sulfonamides is 1. The van der Waals surface area contributed by atoms with E-state index in [0.717, 1.165) is 30.4 Å². The van der Waals surface area contributed by atoms with Gasteiger partial charge in [-0.05, 0) is 43.7 Å². The highest BCUT2D eigenvalue weighted by Gasteiger charge is 2.24. The summed E-state index contributed by atoms with van der Waals surface area (Å²) >= 11 is 3.31. The number of hydrogen-bond acceptors (Lipinski definition) is 3. The molecule has 1 aliphatic rings. The van der Waals surface area contributed by atoms with Crippen LogP contribution in [-0.2, 0) is 10.0 Å². The van der Waals surface area contributed by atoms with Gasteiger partial charge in [0.15, 0.2) is 0 Å². The van der Waals surface area contributed by atoms with Crippen molar-refractivity contribution in [1.29, 1.82) is 0 Å². The van der Waals surface area contributed by atoms with Crippen LogP contribution in [0.5, 0.6) is 0 Å². The fraction of sp³-hybridized carbons (Fsp3) is 0.500. The minimum absolute atomic E-state index is 0.367. The molecular weight excluding hydrogens is 316 g/mol. The van der Waals surface area contributed by atoms with Crippen molar-refractivity contribution in [1.82, 2.24) is 9.62 Å². The quantitative estimate of drug-likeness (QED) is 0.898. The molecular formula is C12H17BrN2O2S. The second kappa shape index (κ2) is 6.14. The van der Waals surface area contributed by atoms with Gasteiger partial charge in [-0.25, -0.2) is 8.42 Å². The van der Waals surface area contributed by atoms with Crippen LogP contribution in [0.25, 0.3) is 0 Å². The van der Waals surface area contributed by atoms with E-state index in [1.807, 2.05) is 0 Å². The highest BCUT2D eigenvalue weighted by molar-refractivity contribution is 9.10. The molecule has 1 fully saturated rings. The van der Waals surface area contributed by atoms with Crippen molar-refractivity contribution in [3.8, 4) is 0 Å². The lowest BCUT2D eigenvalue weighted by molar-refractivity contribution is 0.373. The zero-order valence-electron chi connectivity index (χ0n) is 10.1. The second-order valence-electron chi connectivity index (χ2n) is 4.32. The monoisotopic (exact) mass is 332 g/mol. The smallest absolute Gasteiger partial charge is 0.243 e. The van der Waals surface area contributed by atoms with E-state index in [1.54, 1.807) is 28.6 Å². The molecule has 1 aromatic rings. The molecule has 0 unspecified atom stereocenters. The Morgan fingerprint density at radius 1 is 1.06 bits per heavy atom. The Hall–Kier alpha value is -0.430. The standard InChI is InChI=1S/C12H17BrN2O2S/c13-11-3-5-12(6-4-11)18(16,17)15-9-2-1-7-14-8-10-15/h3-6,14H,1-2,7-10H2. The zero-order valence-corrected chi connectivity index (χ0v) is 12.5. The molecule has 0 bridgehead atoms. The second-order valence-corrected chi connectivity index (χ2v) is 7.17. The number of benzene rings is 1. The third-order valence-electron chi connectivity index (χ3n) is 3.00. The predicted molar refractivity (Wildman–Crippen MR) is 75.0 cm³/mol. The molecule has 1 aliphatic heterocycles. The van der Waals surface area contributed by atoms with E-state index < -0.39 is 10.0 Å². The lowest BCUT2D eigenvalue weighted by Gasteiger charge is -2.24. The van der Waals surface area contributed by atoms with Crippen LogP contribution in [0.2, 0.25) is 0 Å². The third kappa shape index (κ3) is 3.32. The van der Waals surface area contributed by atoms with Gasteiger partial charge in [0.05, 0.1) is 4.90 Å². The minimum Gasteiger partial charge on any atom is -0.315 e. The van der Waals surface area contributed by atoms with E-state index >= 15 is 0 Å². The Balaban J connectivity index is 2.20. The number of halogens is 1. The van der Waals surface area contributed by atoms with E-state index in [2.05, 4.69) is 21.2 Å². The molecule has 2 rings (SSSR count). The molecule has 6 heteroatoms. The van der Waals surface area contributed by atoms with E-state index in [1.165, 1.54) is 0 Å². The zero-order chi connectivity index (χ0) is 13.0. The molecule has 18 heavy (non-hydrogen) atoms. The molecule has 1 saturated heterocycles. The first-order valence-corrected chi connectivity index (χ1v) is 8.30. The highest BCUT2D eigenvalue weighted by Crippen LogP contribution is 2.19. The van der Waals surface area contributed by atoms with E-state index in [9.17, 15) is 8.42 Å². The molecule has 4 nitrogen and oxygen atoms in total. The van der Waals surface area contributed by atoms with Gasteiger partial charge in [0, 0.05) is 24.1 Å². The minimum atomic E-state index is -3.35. The van der Waals surface area contributed by atoms with Crippen LogP contribution in [0.3, 0.4) is 0 Å². The maximum Gasteiger partial charge on any atom is 0.243 e. The summed E-state index contributed by atoms with van der Waals surface area (Å²) < 4.78 is 27.3. The van der Waals surface area contributed by atoms with Gasteiger partial charge in [0.25, 0.3) is 0 Å². The van der Waals surface area contributed by atoms with Crippen LogP contribution >= 0.6 is 15.9 Å². The SMILES string of the molecule is O=S(=O)(c1ccc(Br)cc1)N1CCCCNCC1. The summed E-state index contributed by atoms with van der Waals surface area (Å²) in [4.78, 5) is 0.367. The van der Waals surface area contributed by atoms with E-state index in [0.29, 0.717) is 18.0 Å². The van der Waals surface area contributed by atoms with Gasteiger partial charge in [-0.15, -0.1) is 0 Å². The van der Waals surface area contributed by atoms with Crippen LogP contribution in [0.1, 0.15) is 12.8 Å². The highest BCUT2D eigenvalue weighted by atomic mass is 79.9. The third-order valence-corrected chi connectivity index (χ3v) is 5.44. The maximum absolute atomic E-state index is 12.4. The first-order chi connectivity index (χ1) is 8.60. The molecule has 0 saturated carbocycles. The summed E-state index contributed by atoms with van der Waals surface area (Å²) in [5, 5.41) is 3.24. The molecule has 0 radical (unpaired) electrons. The normalized spacial score (nSPS) is 19.2. The number of hydrogen-bond donors (Lipinski definition) is 1. The molecule has 1 aromatic carbocycles. The molecule has 1 heterocycles. The molecule has 100 valence electrons. The Kier molecular flexibility index (Phi) is 4.77. The molecule has 0 amide bonds. The molecule has 0 aliphatic carbocycles. The first-order valence-electron chi connectivity index (χ1n) is 6.07. The van der Waals surface area contributed by atoms with Gasteiger partial charge in [0.2, 0.25) is 10.0 Å². The van der Waals surface area contributed by atoms with Gasteiger partial charge in [-0.3, -0.25) is 0 Å². The Morgan fingerprint density at radius 2 is 1.78 bits per heavy atom. The van der Waals surface area contributed by atoms with Gasteiger partial charge < -0.3 is 5.32 Å². The summed E-state index contributed by atoms with van der Waals surface area (Å²) in [6.45, 7) is 2.85. The predicted octanol–water partition coefficient (Wildman–Crippen LogP) is 1.82. The fourth-order valence-electron chi connectivity index (χ4n) is 1.97. The Bertz CT molecular complexity index is 479. The number of nitrogens with one attached hydrogen (secondary N) is 1. The van der Waals surface area contributed by atoms with Gasteiger partial charge >= 0.3 is 0 Å². The fourth-order valence-corrected chi connectivity index (χ4v) is 3.72. The van der Waals surface area contributed by atoms with Crippen molar-refractivity contribution in [2.45, 2.75) is 17.7 Å². The summed E-state index contributed by atoms with van der Waals surface area (Å²) in [6.07, 6.45) is 1.93. The topological polar surface area (TPSA) is 49.4 Å². The summed E-state index contributed by atoms with van der Waals surface area (Å²) in [7, 11) is -3.35. The van der Waals surface area contributed by atoms with Crippen molar-refractivity contribution in [3.63, 3.8) is 0 Å². The number of rotatable bonds is 2. The largest absolute Gasteiger partial charge is 0.315 e. The summed E-state index contributed by atoms with van der Waals surface area (Å²) in [6, 6.07) is 6.81. The van der Waals surface area contributed by atoms with Crippen molar-refractivity contribution >= 4 is 26.0 Å². The van der Waals surface area contributed by atoms with Crippen LogP contribution < -0.4 is 5.32 Å². The van der Waals surface area contributed by atoms with Gasteiger partial charge in [-0.2, -0.15) is 4.31 Å². The average Bonchev–Trinajstić information content (AvgIpc) is 2.28. The van der Waals surface area contributed by atoms with Gasteiger partial charge in [0.1, 0.15) is 0 Å². The van der Waals surface area contributed by atoms with Crippen molar-refractivity contribution < 1.29 is 8.42 Å². The summed E-state index contributed by atoms with van der Waals surface area (Å²) in [5.74, 6) is 0. The lowest BCUT2D eigenvalue weighted by Crippen LogP contribution is -2.39. The Morgan fingerprint density at radius 3 is 2.50 bits per heavy atom. The number of nitrogens with zero attached hydrogens (tertiary/aromatic N) is 1. The molecule has 0 aromatic heterocycles. The molecule has 1 N–H and O–H groups in total. The van der Waals surface area contributed by atoms with Crippen LogP contribution in [-0.4, -0.2) is 38.9 Å².